The minimum absolute atomic E-state index is 0.0798. The van der Waals surface area contributed by atoms with Crippen LogP contribution >= 0.6 is 0 Å². The maximum absolute atomic E-state index is 12.1. The van der Waals surface area contributed by atoms with Gasteiger partial charge in [0.25, 0.3) is 0 Å². The summed E-state index contributed by atoms with van der Waals surface area (Å²) in [5.41, 5.74) is -0.518. The van der Waals surface area contributed by atoms with E-state index in [0.29, 0.717) is 0 Å². The highest BCUT2D eigenvalue weighted by Crippen LogP contribution is 2.25. The van der Waals surface area contributed by atoms with Crippen molar-refractivity contribution in [2.75, 3.05) is 6.54 Å². The van der Waals surface area contributed by atoms with Crippen molar-refractivity contribution in [2.45, 2.75) is 38.7 Å². The average molecular weight is 285 g/mol. The van der Waals surface area contributed by atoms with Crippen LogP contribution in [0, 0.1) is 11.3 Å². The Kier molecular flexibility index (Phi) is 5.12. The lowest BCUT2D eigenvalue weighted by molar-refractivity contribution is 0.0166. The molecule has 0 amide bonds. The summed E-state index contributed by atoms with van der Waals surface area (Å²) in [6.45, 7) is 7.73. The third-order valence-corrected chi connectivity index (χ3v) is 4.62. The molecule has 4 nitrogen and oxygen atoms in total. The average Bonchev–Trinajstić information content (AvgIpc) is 2.37. The van der Waals surface area contributed by atoms with Gasteiger partial charge in [-0.05, 0) is 18.1 Å². The van der Waals surface area contributed by atoms with E-state index in [-0.39, 0.29) is 17.4 Å². The smallest absolute Gasteiger partial charge is 0.240 e. The summed E-state index contributed by atoms with van der Waals surface area (Å²) in [6, 6.07) is 8.24. The van der Waals surface area contributed by atoms with Gasteiger partial charge >= 0.3 is 0 Å². The van der Waals surface area contributed by atoms with Crippen LogP contribution in [0.1, 0.15) is 27.7 Å². The van der Waals surface area contributed by atoms with Crippen molar-refractivity contribution in [3.63, 3.8) is 0 Å². The summed E-state index contributed by atoms with van der Waals surface area (Å²) in [6.07, 6.45) is -0.564. The largest absolute Gasteiger partial charge is 0.392 e. The van der Waals surface area contributed by atoms with Crippen LogP contribution in [0.15, 0.2) is 35.2 Å². The Morgan fingerprint density at radius 3 is 2.21 bits per heavy atom. The zero-order chi connectivity index (χ0) is 14.7. The second kappa shape index (κ2) is 6.03. The zero-order valence-corrected chi connectivity index (χ0v) is 12.7. The molecule has 2 N–H and O–H groups in total. The molecule has 0 bridgehead atoms. The van der Waals surface area contributed by atoms with Crippen molar-refractivity contribution < 1.29 is 13.5 Å². The molecule has 1 rings (SSSR count). The fraction of sp³-hybridized carbons (Fsp3) is 0.571. The Morgan fingerprint density at radius 1 is 1.21 bits per heavy atom. The van der Waals surface area contributed by atoms with E-state index in [9.17, 15) is 13.5 Å². The maximum Gasteiger partial charge on any atom is 0.240 e. The summed E-state index contributed by atoms with van der Waals surface area (Å²) >= 11 is 0. The highest BCUT2D eigenvalue weighted by atomic mass is 32.2. The van der Waals surface area contributed by atoms with E-state index in [1.807, 2.05) is 27.7 Å². The summed E-state index contributed by atoms with van der Waals surface area (Å²) in [5.74, 6) is 0.0798. The quantitative estimate of drug-likeness (QED) is 0.840. The van der Waals surface area contributed by atoms with Gasteiger partial charge in [-0.25, -0.2) is 13.1 Å². The molecule has 0 aliphatic heterocycles. The van der Waals surface area contributed by atoms with Crippen LogP contribution in [0.4, 0.5) is 0 Å². The molecule has 1 atom stereocenters. The van der Waals surface area contributed by atoms with E-state index < -0.39 is 21.5 Å². The van der Waals surface area contributed by atoms with Gasteiger partial charge in [0.1, 0.15) is 0 Å². The van der Waals surface area contributed by atoms with Gasteiger partial charge in [0, 0.05) is 12.0 Å². The van der Waals surface area contributed by atoms with Crippen molar-refractivity contribution in [1.82, 2.24) is 4.72 Å². The number of aliphatic hydroxyl groups excluding tert-OH is 1. The van der Waals surface area contributed by atoms with Gasteiger partial charge in [0.05, 0.1) is 11.0 Å². The molecule has 108 valence electrons. The van der Waals surface area contributed by atoms with Gasteiger partial charge in [-0.3, -0.25) is 0 Å². The van der Waals surface area contributed by atoms with E-state index in [1.165, 1.54) is 0 Å². The van der Waals surface area contributed by atoms with Crippen LogP contribution < -0.4 is 4.72 Å². The number of hydrogen-bond acceptors (Lipinski definition) is 3. The molecule has 19 heavy (non-hydrogen) atoms. The van der Waals surface area contributed by atoms with Crippen molar-refractivity contribution in [3.05, 3.63) is 30.3 Å². The molecular formula is C14H23NO3S. The monoisotopic (exact) mass is 285 g/mol. The summed E-state index contributed by atoms with van der Waals surface area (Å²) in [4.78, 5) is 0.241. The lowest BCUT2D eigenvalue weighted by Crippen LogP contribution is -2.43. The molecule has 0 radical (unpaired) electrons. The highest BCUT2D eigenvalue weighted by Gasteiger charge is 2.31. The molecule has 0 aliphatic rings. The van der Waals surface area contributed by atoms with Crippen molar-refractivity contribution >= 4 is 10.0 Å². The van der Waals surface area contributed by atoms with Gasteiger partial charge in [0.2, 0.25) is 10.0 Å². The normalized spacial score (nSPS) is 14.6. The Morgan fingerprint density at radius 2 is 1.74 bits per heavy atom. The zero-order valence-electron chi connectivity index (χ0n) is 11.9. The molecule has 1 unspecified atom stereocenters. The molecule has 0 aromatic heterocycles. The Bertz CT molecular complexity index is 495. The first-order chi connectivity index (χ1) is 8.67. The topological polar surface area (TPSA) is 66.4 Å². The molecule has 0 spiro atoms. The minimum Gasteiger partial charge on any atom is -0.392 e. The molecule has 1 aromatic carbocycles. The standard InChI is InChI=1S/C14H23NO3S/c1-11(2)13(16)14(3,4)10-15-19(17,18)12-8-6-5-7-9-12/h5-9,11,13,15-16H,10H2,1-4H3. The van der Waals surface area contributed by atoms with E-state index in [2.05, 4.69) is 4.72 Å². The van der Waals surface area contributed by atoms with E-state index in [0.717, 1.165) is 0 Å². The van der Waals surface area contributed by atoms with Crippen LogP contribution in [0.3, 0.4) is 0 Å². The van der Waals surface area contributed by atoms with E-state index >= 15 is 0 Å². The third kappa shape index (κ3) is 4.30. The van der Waals surface area contributed by atoms with Crippen molar-refractivity contribution in [1.29, 1.82) is 0 Å². The molecule has 0 heterocycles. The first-order valence-electron chi connectivity index (χ1n) is 6.39. The van der Waals surface area contributed by atoms with Crippen LogP contribution in [0.5, 0.6) is 0 Å². The molecule has 5 heteroatoms. The third-order valence-electron chi connectivity index (χ3n) is 3.20. The van der Waals surface area contributed by atoms with Crippen LogP contribution in [-0.4, -0.2) is 26.2 Å². The van der Waals surface area contributed by atoms with Gasteiger partial charge in [0.15, 0.2) is 0 Å². The van der Waals surface area contributed by atoms with Gasteiger partial charge in [-0.15, -0.1) is 0 Å². The van der Waals surface area contributed by atoms with E-state index in [4.69, 9.17) is 0 Å². The van der Waals surface area contributed by atoms with Crippen molar-refractivity contribution in [2.24, 2.45) is 11.3 Å². The second-order valence-electron chi connectivity index (χ2n) is 5.82. The summed E-state index contributed by atoms with van der Waals surface area (Å²) in [7, 11) is -3.51. The molecule has 1 aromatic rings. The lowest BCUT2D eigenvalue weighted by atomic mass is 9.81. The Hall–Kier alpha value is -0.910. The van der Waals surface area contributed by atoms with Gasteiger partial charge < -0.3 is 5.11 Å². The number of sulfonamides is 1. The Labute approximate surface area is 115 Å². The summed E-state index contributed by atoms with van der Waals surface area (Å²) < 4.78 is 26.7. The molecule has 0 saturated heterocycles. The number of benzene rings is 1. The number of aliphatic hydroxyl groups is 1. The highest BCUT2D eigenvalue weighted by molar-refractivity contribution is 7.89. The molecule has 0 aliphatic carbocycles. The van der Waals surface area contributed by atoms with Crippen molar-refractivity contribution in [3.8, 4) is 0 Å². The SMILES string of the molecule is CC(C)C(O)C(C)(C)CNS(=O)(=O)c1ccccc1. The lowest BCUT2D eigenvalue weighted by Gasteiger charge is -2.33. The first-order valence-corrected chi connectivity index (χ1v) is 7.88. The van der Waals surface area contributed by atoms with Gasteiger partial charge in [-0.1, -0.05) is 45.9 Å². The molecule has 0 fully saturated rings. The predicted octanol–water partition coefficient (Wildman–Crippen LogP) is 2.01. The Balaban J connectivity index is 2.77. The predicted molar refractivity (Wildman–Crippen MR) is 76.3 cm³/mol. The van der Waals surface area contributed by atoms with Crippen LogP contribution in [-0.2, 0) is 10.0 Å². The first kappa shape index (κ1) is 16.1. The molecule has 0 saturated carbocycles. The second-order valence-corrected chi connectivity index (χ2v) is 7.58. The van der Waals surface area contributed by atoms with Crippen LogP contribution in [0.25, 0.3) is 0 Å². The number of rotatable bonds is 6. The fourth-order valence-electron chi connectivity index (χ4n) is 1.97. The minimum atomic E-state index is -3.51. The van der Waals surface area contributed by atoms with Gasteiger partial charge in [-0.2, -0.15) is 0 Å². The van der Waals surface area contributed by atoms with Crippen LogP contribution in [0.2, 0.25) is 0 Å². The fourth-order valence-corrected chi connectivity index (χ4v) is 3.22. The maximum atomic E-state index is 12.1. The number of hydrogen-bond donors (Lipinski definition) is 2. The number of nitrogens with one attached hydrogen (secondary N) is 1. The summed E-state index contributed by atoms with van der Waals surface area (Å²) in [5, 5.41) is 10.1. The molecular weight excluding hydrogens is 262 g/mol. The van der Waals surface area contributed by atoms with E-state index in [1.54, 1.807) is 30.3 Å².